The molecular formula is C15H17FN2O3. The van der Waals surface area contributed by atoms with Crippen LogP contribution in [-0.2, 0) is 14.3 Å². The van der Waals surface area contributed by atoms with Crippen LogP contribution in [0.2, 0.25) is 0 Å². The van der Waals surface area contributed by atoms with Crippen LogP contribution in [0.15, 0.2) is 24.3 Å². The lowest BCUT2D eigenvalue weighted by Gasteiger charge is -2.34. The summed E-state index contributed by atoms with van der Waals surface area (Å²) in [6.45, 7) is 1.15. The zero-order chi connectivity index (χ0) is 14.8. The maximum Gasteiger partial charge on any atom is 0.245 e. The van der Waals surface area contributed by atoms with Gasteiger partial charge in [0.2, 0.25) is 11.8 Å². The Labute approximate surface area is 122 Å². The van der Waals surface area contributed by atoms with E-state index in [2.05, 4.69) is 5.32 Å². The maximum absolute atomic E-state index is 13.8. The number of rotatable bonds is 2. The highest BCUT2D eigenvalue weighted by molar-refractivity contribution is 5.90. The number of benzene rings is 1. The summed E-state index contributed by atoms with van der Waals surface area (Å²) in [5.74, 6) is -0.524. The number of carbonyl (C=O) groups is 2. The van der Waals surface area contributed by atoms with E-state index in [9.17, 15) is 14.0 Å². The monoisotopic (exact) mass is 292 g/mol. The van der Waals surface area contributed by atoms with Crippen molar-refractivity contribution in [2.75, 3.05) is 19.7 Å². The fourth-order valence-electron chi connectivity index (χ4n) is 2.79. The van der Waals surface area contributed by atoms with Crippen molar-refractivity contribution >= 4 is 11.8 Å². The summed E-state index contributed by atoms with van der Waals surface area (Å²) in [6.07, 6.45) is 0.456. The van der Waals surface area contributed by atoms with Gasteiger partial charge in [-0.15, -0.1) is 0 Å². The van der Waals surface area contributed by atoms with Crippen LogP contribution in [0, 0.1) is 5.82 Å². The third kappa shape index (κ3) is 2.90. The van der Waals surface area contributed by atoms with E-state index in [1.165, 1.54) is 6.07 Å². The highest BCUT2D eigenvalue weighted by atomic mass is 19.1. The number of nitrogens with one attached hydrogen (secondary N) is 1. The van der Waals surface area contributed by atoms with Crippen molar-refractivity contribution in [3.8, 4) is 0 Å². The van der Waals surface area contributed by atoms with E-state index >= 15 is 0 Å². The molecule has 1 N–H and O–H groups in total. The van der Waals surface area contributed by atoms with Gasteiger partial charge >= 0.3 is 0 Å². The van der Waals surface area contributed by atoms with Gasteiger partial charge in [0.25, 0.3) is 0 Å². The fraction of sp³-hybridized carbons (Fsp3) is 0.467. The van der Waals surface area contributed by atoms with Crippen LogP contribution in [-0.4, -0.2) is 42.5 Å². The lowest BCUT2D eigenvalue weighted by Crippen LogP contribution is -2.49. The molecule has 2 fully saturated rings. The first-order valence-electron chi connectivity index (χ1n) is 7.09. The van der Waals surface area contributed by atoms with E-state index in [4.69, 9.17) is 4.74 Å². The van der Waals surface area contributed by atoms with E-state index in [0.29, 0.717) is 38.1 Å². The largest absolute Gasteiger partial charge is 0.370 e. The van der Waals surface area contributed by atoms with Gasteiger partial charge in [0, 0.05) is 18.5 Å². The Morgan fingerprint density at radius 2 is 2.19 bits per heavy atom. The van der Waals surface area contributed by atoms with E-state index in [1.54, 1.807) is 23.1 Å². The molecule has 0 aliphatic carbocycles. The van der Waals surface area contributed by atoms with E-state index in [-0.39, 0.29) is 17.6 Å². The Morgan fingerprint density at radius 1 is 1.38 bits per heavy atom. The first-order chi connectivity index (χ1) is 10.1. The lowest BCUT2D eigenvalue weighted by molar-refractivity contribution is -0.141. The third-order valence-corrected chi connectivity index (χ3v) is 3.92. The molecule has 5 nitrogen and oxygen atoms in total. The van der Waals surface area contributed by atoms with Gasteiger partial charge in [0.15, 0.2) is 0 Å². The van der Waals surface area contributed by atoms with Crippen molar-refractivity contribution < 1.29 is 18.7 Å². The summed E-state index contributed by atoms with van der Waals surface area (Å²) in [5, 5.41) is 2.67. The smallest absolute Gasteiger partial charge is 0.245 e. The van der Waals surface area contributed by atoms with Crippen molar-refractivity contribution in [1.29, 1.82) is 0 Å². The Hall–Kier alpha value is -1.95. The average Bonchev–Trinajstić information content (AvgIpc) is 2.94. The molecule has 2 aliphatic heterocycles. The molecule has 2 heterocycles. The number of ether oxygens (including phenoxy) is 1. The van der Waals surface area contributed by atoms with Gasteiger partial charge in [0.05, 0.1) is 13.2 Å². The van der Waals surface area contributed by atoms with Crippen LogP contribution in [0.25, 0.3) is 0 Å². The molecule has 2 atom stereocenters. The zero-order valence-electron chi connectivity index (χ0n) is 11.5. The van der Waals surface area contributed by atoms with E-state index in [1.807, 2.05) is 0 Å². The minimum atomic E-state index is -0.457. The molecule has 2 saturated heterocycles. The number of hydrogen-bond acceptors (Lipinski definition) is 3. The predicted octanol–water partition coefficient (Wildman–Crippen LogP) is 1.00. The molecule has 112 valence electrons. The summed E-state index contributed by atoms with van der Waals surface area (Å²) in [7, 11) is 0. The number of amides is 2. The molecule has 0 aromatic heterocycles. The van der Waals surface area contributed by atoms with Crippen LogP contribution < -0.4 is 5.32 Å². The first-order valence-corrected chi connectivity index (χ1v) is 7.09. The Morgan fingerprint density at radius 3 is 2.90 bits per heavy atom. The summed E-state index contributed by atoms with van der Waals surface area (Å²) in [6, 6.07) is 5.98. The van der Waals surface area contributed by atoms with Crippen LogP contribution in [0.5, 0.6) is 0 Å². The summed E-state index contributed by atoms with van der Waals surface area (Å²) in [4.78, 5) is 25.2. The van der Waals surface area contributed by atoms with Gasteiger partial charge in [-0.25, -0.2) is 4.39 Å². The van der Waals surface area contributed by atoms with Gasteiger partial charge in [-0.05, 0) is 12.5 Å². The van der Waals surface area contributed by atoms with Crippen molar-refractivity contribution in [3.63, 3.8) is 0 Å². The molecule has 2 aliphatic rings. The quantitative estimate of drug-likeness (QED) is 0.885. The molecule has 0 bridgehead atoms. The summed E-state index contributed by atoms with van der Waals surface area (Å²) >= 11 is 0. The molecule has 3 rings (SSSR count). The predicted molar refractivity (Wildman–Crippen MR) is 72.8 cm³/mol. The normalized spacial score (nSPS) is 25.8. The maximum atomic E-state index is 13.8. The molecule has 1 aromatic rings. The molecule has 0 saturated carbocycles. The number of nitrogens with zero attached hydrogens (tertiary/aromatic N) is 1. The van der Waals surface area contributed by atoms with Crippen molar-refractivity contribution in [2.24, 2.45) is 0 Å². The first kappa shape index (κ1) is 14.0. The van der Waals surface area contributed by atoms with Crippen LogP contribution in [0.4, 0.5) is 4.39 Å². The second-order valence-corrected chi connectivity index (χ2v) is 5.32. The van der Waals surface area contributed by atoms with E-state index in [0.717, 1.165) is 0 Å². The lowest BCUT2D eigenvalue weighted by atomic mass is 10.1. The molecular weight excluding hydrogens is 275 g/mol. The third-order valence-electron chi connectivity index (χ3n) is 3.92. The Kier molecular flexibility index (Phi) is 3.88. The summed E-state index contributed by atoms with van der Waals surface area (Å²) < 4.78 is 19.4. The van der Waals surface area contributed by atoms with Crippen LogP contribution >= 0.6 is 0 Å². The van der Waals surface area contributed by atoms with Crippen molar-refractivity contribution in [1.82, 2.24) is 10.2 Å². The second kappa shape index (κ2) is 5.81. The molecule has 21 heavy (non-hydrogen) atoms. The van der Waals surface area contributed by atoms with Gasteiger partial charge in [-0.3, -0.25) is 9.59 Å². The Bertz CT molecular complexity index is 564. The van der Waals surface area contributed by atoms with Gasteiger partial charge < -0.3 is 15.0 Å². The molecule has 0 spiro atoms. The topological polar surface area (TPSA) is 58.6 Å². The Balaban J connectivity index is 1.70. The minimum absolute atomic E-state index is 0.0905. The van der Waals surface area contributed by atoms with Crippen molar-refractivity contribution in [3.05, 3.63) is 35.6 Å². The van der Waals surface area contributed by atoms with Crippen LogP contribution in [0.3, 0.4) is 0 Å². The molecule has 0 radical (unpaired) electrons. The zero-order valence-corrected chi connectivity index (χ0v) is 11.5. The van der Waals surface area contributed by atoms with Crippen molar-refractivity contribution in [2.45, 2.75) is 25.0 Å². The molecule has 1 aromatic carbocycles. The van der Waals surface area contributed by atoms with Gasteiger partial charge in [-0.1, -0.05) is 18.2 Å². The highest BCUT2D eigenvalue weighted by Crippen LogP contribution is 2.25. The van der Waals surface area contributed by atoms with Gasteiger partial charge in [-0.2, -0.15) is 0 Å². The standard InChI is InChI=1S/C15H17FN2O3/c16-11-4-2-1-3-10(11)13-9-18(7-8-21-13)15(20)12-5-6-14(19)17-12/h1-4,12-13H,5-9H2,(H,17,19). The number of halogens is 1. The van der Waals surface area contributed by atoms with Crippen LogP contribution in [0.1, 0.15) is 24.5 Å². The number of hydrogen-bond donors (Lipinski definition) is 1. The fourth-order valence-corrected chi connectivity index (χ4v) is 2.79. The minimum Gasteiger partial charge on any atom is -0.370 e. The molecule has 2 unspecified atom stereocenters. The second-order valence-electron chi connectivity index (χ2n) is 5.32. The number of morpholine rings is 1. The summed E-state index contributed by atoms with van der Waals surface area (Å²) in [5.41, 5.74) is 0.463. The SMILES string of the molecule is O=C1CCC(C(=O)N2CCOC(c3ccccc3F)C2)N1. The van der Waals surface area contributed by atoms with E-state index < -0.39 is 12.1 Å². The molecule has 6 heteroatoms. The number of carbonyl (C=O) groups excluding carboxylic acids is 2. The average molecular weight is 292 g/mol. The van der Waals surface area contributed by atoms with Gasteiger partial charge in [0.1, 0.15) is 18.0 Å². The molecule has 2 amide bonds. The highest BCUT2D eigenvalue weighted by Gasteiger charge is 2.34.